The Morgan fingerprint density at radius 2 is 0.917 bits per heavy atom. The lowest BCUT2D eigenvalue weighted by atomic mass is 10.1. The zero-order chi connectivity index (χ0) is 17.0. The van der Waals surface area contributed by atoms with Crippen LogP contribution in [0.4, 0.5) is 0 Å². The molecule has 0 aliphatic rings. The van der Waals surface area contributed by atoms with Crippen LogP contribution in [0.1, 0.15) is 0 Å². The van der Waals surface area contributed by atoms with E-state index in [2.05, 4.69) is 48.5 Å². The van der Waals surface area contributed by atoms with Crippen molar-refractivity contribution in [3.63, 3.8) is 0 Å². The number of hydrogen-bond donors (Lipinski definition) is 1. The molecule has 24 heavy (non-hydrogen) atoms. The van der Waals surface area contributed by atoms with Gasteiger partial charge in [-0.25, -0.2) is 0 Å². The molecule has 1 N–H and O–H groups in total. The van der Waals surface area contributed by atoms with Crippen LogP contribution in [0.2, 0.25) is 0 Å². The molecule has 0 bridgehead atoms. The lowest BCUT2D eigenvalue weighted by molar-refractivity contribution is 0.483. The van der Waals surface area contributed by atoms with E-state index in [1.807, 2.05) is 18.2 Å². The van der Waals surface area contributed by atoms with Crippen molar-refractivity contribution in [3.05, 3.63) is 91.0 Å². The molecule has 0 aliphatic carbocycles. The highest BCUT2D eigenvalue weighted by atomic mass is 32.2. The topological polar surface area (TPSA) is 54.4 Å². The average Bonchev–Trinajstić information content (AvgIpc) is 2.61. The first-order chi connectivity index (χ1) is 11.5. The number of benzene rings is 4. The van der Waals surface area contributed by atoms with E-state index in [0.717, 1.165) is 10.8 Å². The quantitative estimate of drug-likeness (QED) is 0.502. The second kappa shape index (κ2) is 6.83. The molecule has 0 spiro atoms. The summed E-state index contributed by atoms with van der Waals surface area (Å²) in [5.74, 6) is 0. The fourth-order valence-corrected chi connectivity index (χ4v) is 2.98. The SMILES string of the molecule is O=S(=O)(O)c1ccc2ccccc2c1.c1ccc2ccccc2c1. The Labute approximate surface area is 140 Å². The summed E-state index contributed by atoms with van der Waals surface area (Å²) >= 11 is 0. The molecule has 0 radical (unpaired) electrons. The summed E-state index contributed by atoms with van der Waals surface area (Å²) in [5.41, 5.74) is 0. The minimum Gasteiger partial charge on any atom is -0.282 e. The molecule has 0 saturated carbocycles. The van der Waals surface area contributed by atoms with Gasteiger partial charge in [-0.15, -0.1) is 0 Å². The maximum atomic E-state index is 10.8. The van der Waals surface area contributed by atoms with Crippen molar-refractivity contribution in [1.29, 1.82) is 0 Å². The van der Waals surface area contributed by atoms with E-state index in [0.29, 0.717) is 0 Å². The van der Waals surface area contributed by atoms with Crippen molar-refractivity contribution in [2.75, 3.05) is 0 Å². The first-order valence-electron chi connectivity index (χ1n) is 7.44. The predicted molar refractivity (Wildman–Crippen MR) is 97.7 cm³/mol. The van der Waals surface area contributed by atoms with E-state index in [9.17, 15) is 8.42 Å². The van der Waals surface area contributed by atoms with E-state index in [4.69, 9.17) is 4.55 Å². The first kappa shape index (κ1) is 16.2. The third-order valence-corrected chi connectivity index (χ3v) is 4.53. The summed E-state index contributed by atoms with van der Waals surface area (Å²) in [4.78, 5) is -0.0730. The van der Waals surface area contributed by atoms with Gasteiger partial charge >= 0.3 is 0 Å². The molecule has 0 atom stereocenters. The van der Waals surface area contributed by atoms with E-state index in [-0.39, 0.29) is 4.90 Å². The molecular weight excluding hydrogens is 320 g/mol. The Bertz CT molecular complexity index is 1020. The summed E-state index contributed by atoms with van der Waals surface area (Å²) < 4.78 is 30.5. The molecule has 0 amide bonds. The number of fused-ring (bicyclic) bond motifs is 2. The molecule has 120 valence electrons. The molecule has 4 rings (SSSR count). The second-order valence-corrected chi connectivity index (χ2v) is 6.75. The first-order valence-corrected chi connectivity index (χ1v) is 8.88. The monoisotopic (exact) mass is 336 g/mol. The maximum Gasteiger partial charge on any atom is 0.294 e. The van der Waals surface area contributed by atoms with Crippen molar-refractivity contribution >= 4 is 31.7 Å². The summed E-state index contributed by atoms with van der Waals surface area (Å²) in [5, 5.41) is 4.36. The number of hydrogen-bond acceptors (Lipinski definition) is 2. The summed E-state index contributed by atoms with van der Waals surface area (Å²) in [7, 11) is -4.09. The molecule has 4 heteroatoms. The standard InChI is InChI=1S/C10H8O3S.C10H8/c11-14(12,13)10-6-5-8-3-1-2-4-9(8)7-10;1-2-6-10-8-4-3-7-9(10)5-1/h1-7H,(H,11,12,13);1-8H. The molecule has 0 aromatic heterocycles. The van der Waals surface area contributed by atoms with Gasteiger partial charge in [0.1, 0.15) is 0 Å². The Balaban J connectivity index is 0.000000149. The van der Waals surface area contributed by atoms with Crippen molar-refractivity contribution < 1.29 is 13.0 Å². The molecule has 0 aliphatic heterocycles. The van der Waals surface area contributed by atoms with Crippen LogP contribution in [0, 0.1) is 0 Å². The van der Waals surface area contributed by atoms with Crippen LogP contribution in [-0.4, -0.2) is 13.0 Å². The van der Waals surface area contributed by atoms with E-state index in [1.165, 1.54) is 22.9 Å². The number of rotatable bonds is 1. The van der Waals surface area contributed by atoms with Crippen LogP contribution in [-0.2, 0) is 10.1 Å². The maximum absolute atomic E-state index is 10.8. The van der Waals surface area contributed by atoms with Crippen LogP contribution in [0.25, 0.3) is 21.5 Å². The Kier molecular flexibility index (Phi) is 4.60. The fraction of sp³-hybridized carbons (Fsp3) is 0. The van der Waals surface area contributed by atoms with Gasteiger partial charge in [-0.2, -0.15) is 8.42 Å². The fourth-order valence-electron chi connectivity index (χ4n) is 2.46. The van der Waals surface area contributed by atoms with Crippen molar-refractivity contribution in [1.82, 2.24) is 0 Å². The molecule has 0 unspecified atom stereocenters. The minimum atomic E-state index is -4.09. The minimum absolute atomic E-state index is 0.0730. The lowest BCUT2D eigenvalue weighted by Gasteiger charge is -1.99. The highest BCUT2D eigenvalue weighted by Crippen LogP contribution is 2.18. The largest absolute Gasteiger partial charge is 0.294 e. The molecule has 3 nitrogen and oxygen atoms in total. The molecule has 0 heterocycles. The van der Waals surface area contributed by atoms with Gasteiger partial charge in [0.15, 0.2) is 0 Å². The van der Waals surface area contributed by atoms with Gasteiger partial charge in [0, 0.05) is 0 Å². The summed E-state index contributed by atoms with van der Waals surface area (Å²) in [6.45, 7) is 0. The van der Waals surface area contributed by atoms with E-state index >= 15 is 0 Å². The molecule has 4 aromatic rings. The Morgan fingerprint density at radius 3 is 1.33 bits per heavy atom. The smallest absolute Gasteiger partial charge is 0.282 e. The Hall–Kier alpha value is -2.69. The van der Waals surface area contributed by atoms with Crippen LogP contribution < -0.4 is 0 Å². The van der Waals surface area contributed by atoms with Crippen molar-refractivity contribution in [3.8, 4) is 0 Å². The van der Waals surface area contributed by atoms with Gasteiger partial charge in [-0.1, -0.05) is 78.9 Å². The molecule has 4 aromatic carbocycles. The molecule has 0 fully saturated rings. The summed E-state index contributed by atoms with van der Waals surface area (Å²) in [6, 6.07) is 28.6. The van der Waals surface area contributed by atoms with Crippen LogP contribution >= 0.6 is 0 Å². The zero-order valence-electron chi connectivity index (χ0n) is 12.8. The van der Waals surface area contributed by atoms with Crippen LogP contribution in [0.3, 0.4) is 0 Å². The average molecular weight is 336 g/mol. The van der Waals surface area contributed by atoms with Gasteiger partial charge in [-0.3, -0.25) is 4.55 Å². The second-order valence-electron chi connectivity index (χ2n) is 5.33. The highest BCUT2D eigenvalue weighted by Gasteiger charge is 2.08. The van der Waals surface area contributed by atoms with Crippen LogP contribution in [0.15, 0.2) is 95.9 Å². The third kappa shape index (κ3) is 3.79. The van der Waals surface area contributed by atoms with Gasteiger partial charge in [0.25, 0.3) is 10.1 Å². The van der Waals surface area contributed by atoms with Gasteiger partial charge in [-0.05, 0) is 33.7 Å². The third-order valence-electron chi connectivity index (χ3n) is 3.68. The van der Waals surface area contributed by atoms with Gasteiger partial charge in [0.2, 0.25) is 0 Å². The summed E-state index contributed by atoms with van der Waals surface area (Å²) in [6.07, 6.45) is 0. The van der Waals surface area contributed by atoms with Crippen LogP contribution in [0.5, 0.6) is 0 Å². The van der Waals surface area contributed by atoms with Crippen molar-refractivity contribution in [2.45, 2.75) is 4.90 Å². The van der Waals surface area contributed by atoms with Gasteiger partial charge < -0.3 is 0 Å². The zero-order valence-corrected chi connectivity index (χ0v) is 13.6. The Morgan fingerprint density at radius 1 is 0.542 bits per heavy atom. The predicted octanol–water partition coefficient (Wildman–Crippen LogP) is 4.93. The van der Waals surface area contributed by atoms with Gasteiger partial charge in [0.05, 0.1) is 4.90 Å². The van der Waals surface area contributed by atoms with E-state index < -0.39 is 10.1 Å². The normalized spacial score (nSPS) is 11.0. The highest BCUT2D eigenvalue weighted by molar-refractivity contribution is 7.85. The van der Waals surface area contributed by atoms with E-state index in [1.54, 1.807) is 12.1 Å². The molecule has 0 saturated heterocycles. The molecular formula is C20H16O3S. The lowest BCUT2D eigenvalue weighted by Crippen LogP contribution is -1.97. The van der Waals surface area contributed by atoms with Crippen molar-refractivity contribution in [2.24, 2.45) is 0 Å².